The highest BCUT2D eigenvalue weighted by atomic mass is 35.5. The lowest BCUT2D eigenvalue weighted by atomic mass is 10.2. The molecule has 0 aliphatic carbocycles. The smallest absolute Gasteiger partial charge is 0.271 e. The van der Waals surface area contributed by atoms with Gasteiger partial charge in [-0.3, -0.25) is 14.2 Å². The molecular formula is C18H19ClN4O3S2. The average molecular weight is 439 g/mol. The minimum Gasteiger partial charge on any atom is -0.347 e. The number of hydrogen-bond acceptors (Lipinski definition) is 5. The van der Waals surface area contributed by atoms with E-state index in [1.54, 1.807) is 55.9 Å². The predicted molar refractivity (Wildman–Crippen MR) is 110 cm³/mol. The molecule has 28 heavy (non-hydrogen) atoms. The number of sulfonamides is 1. The van der Waals surface area contributed by atoms with Crippen LogP contribution in [0.2, 0.25) is 5.02 Å². The second-order valence-corrected chi connectivity index (χ2v) is 9.70. The van der Waals surface area contributed by atoms with Gasteiger partial charge in [-0.2, -0.15) is 5.10 Å². The number of aromatic nitrogens is 2. The largest absolute Gasteiger partial charge is 0.347 e. The molecule has 3 rings (SSSR count). The summed E-state index contributed by atoms with van der Waals surface area (Å²) >= 11 is 6.92. The molecule has 10 heteroatoms. The lowest BCUT2D eigenvalue weighted by Crippen LogP contribution is -2.22. The number of anilines is 1. The quantitative estimate of drug-likeness (QED) is 0.616. The number of nitrogens with zero attached hydrogens (tertiary/aromatic N) is 2. The van der Waals surface area contributed by atoms with Crippen molar-refractivity contribution in [2.24, 2.45) is 7.05 Å². The van der Waals surface area contributed by atoms with E-state index in [9.17, 15) is 13.2 Å². The third kappa shape index (κ3) is 4.37. The van der Waals surface area contributed by atoms with E-state index in [2.05, 4.69) is 15.1 Å². The molecule has 0 unspecified atom stereocenters. The molecule has 0 aliphatic rings. The van der Waals surface area contributed by atoms with Crippen molar-refractivity contribution in [3.63, 3.8) is 0 Å². The van der Waals surface area contributed by atoms with Crippen molar-refractivity contribution in [1.82, 2.24) is 15.1 Å². The molecule has 0 saturated carbocycles. The van der Waals surface area contributed by atoms with Gasteiger partial charge in [-0.1, -0.05) is 11.6 Å². The van der Waals surface area contributed by atoms with Gasteiger partial charge in [0.2, 0.25) is 0 Å². The number of thiophene rings is 1. The average Bonchev–Trinajstić information content (AvgIpc) is 3.22. The van der Waals surface area contributed by atoms with E-state index in [0.29, 0.717) is 22.0 Å². The van der Waals surface area contributed by atoms with Crippen LogP contribution in [0.5, 0.6) is 0 Å². The Hall–Kier alpha value is -2.36. The van der Waals surface area contributed by atoms with Gasteiger partial charge < -0.3 is 5.32 Å². The highest BCUT2D eigenvalue weighted by Gasteiger charge is 2.21. The van der Waals surface area contributed by atoms with Gasteiger partial charge in [0.25, 0.3) is 15.9 Å². The van der Waals surface area contributed by atoms with Crippen LogP contribution < -0.4 is 10.0 Å². The van der Waals surface area contributed by atoms with E-state index in [1.165, 1.54) is 6.07 Å². The van der Waals surface area contributed by atoms with Gasteiger partial charge in [-0.15, -0.1) is 11.3 Å². The first-order valence-corrected chi connectivity index (χ1v) is 11.0. The number of carbonyl (C=O) groups excluding carboxylic acids is 1. The van der Waals surface area contributed by atoms with Crippen LogP contribution in [0.25, 0.3) is 0 Å². The van der Waals surface area contributed by atoms with Crippen molar-refractivity contribution in [3.05, 3.63) is 63.2 Å². The number of carbonyl (C=O) groups is 1. The van der Waals surface area contributed by atoms with Crippen LogP contribution in [0.3, 0.4) is 0 Å². The van der Waals surface area contributed by atoms with E-state index >= 15 is 0 Å². The monoisotopic (exact) mass is 438 g/mol. The molecule has 0 atom stereocenters. The Labute approximate surface area is 172 Å². The minimum atomic E-state index is -3.73. The number of amides is 1. The Morgan fingerprint density at radius 1 is 1.18 bits per heavy atom. The normalized spacial score (nSPS) is 11.4. The Morgan fingerprint density at radius 2 is 1.86 bits per heavy atom. The minimum absolute atomic E-state index is 0.172. The summed E-state index contributed by atoms with van der Waals surface area (Å²) in [4.78, 5) is 12.9. The Bertz CT molecular complexity index is 1120. The number of halogens is 1. The third-order valence-corrected chi connectivity index (χ3v) is 7.36. The van der Waals surface area contributed by atoms with Crippen LogP contribution >= 0.6 is 22.9 Å². The van der Waals surface area contributed by atoms with E-state index in [0.717, 1.165) is 21.9 Å². The van der Waals surface area contributed by atoms with Crippen molar-refractivity contribution in [2.75, 3.05) is 4.72 Å². The number of aryl methyl sites for hydroxylation is 2. The Balaban J connectivity index is 1.69. The van der Waals surface area contributed by atoms with Gasteiger partial charge in [0.05, 0.1) is 23.6 Å². The SMILES string of the molecule is Cc1nn(C)c(C)c1NS(=O)(=O)c1ccc(CNC(=O)c2ccc(Cl)cc2)s1. The number of nitrogens with one attached hydrogen (secondary N) is 2. The van der Waals surface area contributed by atoms with Crippen molar-refractivity contribution < 1.29 is 13.2 Å². The van der Waals surface area contributed by atoms with Gasteiger partial charge in [0, 0.05) is 22.5 Å². The van der Waals surface area contributed by atoms with Gasteiger partial charge in [-0.05, 0) is 50.2 Å². The number of rotatable bonds is 6. The first kappa shape index (κ1) is 20.4. The van der Waals surface area contributed by atoms with Crippen molar-refractivity contribution in [1.29, 1.82) is 0 Å². The first-order chi connectivity index (χ1) is 13.2. The highest BCUT2D eigenvalue weighted by molar-refractivity contribution is 7.94. The zero-order valence-corrected chi connectivity index (χ0v) is 17.9. The standard InChI is InChI=1S/C18H19ClN4O3S2/c1-11-17(12(2)23(3)21-11)22-28(25,26)16-9-8-15(27-16)10-20-18(24)13-4-6-14(19)7-5-13/h4-9,22H,10H2,1-3H3,(H,20,24). The molecule has 0 saturated heterocycles. The summed E-state index contributed by atoms with van der Waals surface area (Å²) in [5.41, 5.74) is 2.30. The summed E-state index contributed by atoms with van der Waals surface area (Å²) in [7, 11) is -1.98. The maximum absolute atomic E-state index is 12.7. The second-order valence-electron chi connectivity index (χ2n) is 6.19. The first-order valence-electron chi connectivity index (χ1n) is 8.33. The van der Waals surface area contributed by atoms with Crippen LogP contribution in [-0.4, -0.2) is 24.1 Å². The molecule has 0 radical (unpaired) electrons. The van der Waals surface area contributed by atoms with E-state index in [1.807, 2.05) is 0 Å². The third-order valence-electron chi connectivity index (χ3n) is 4.18. The van der Waals surface area contributed by atoms with Crippen LogP contribution in [0, 0.1) is 13.8 Å². The van der Waals surface area contributed by atoms with Gasteiger partial charge in [0.15, 0.2) is 0 Å². The molecule has 1 amide bonds. The Morgan fingerprint density at radius 3 is 2.46 bits per heavy atom. The van der Waals surface area contributed by atoms with Crippen LogP contribution in [-0.2, 0) is 23.6 Å². The fourth-order valence-electron chi connectivity index (χ4n) is 2.57. The predicted octanol–water partition coefficient (Wildman–Crippen LogP) is 3.48. The lowest BCUT2D eigenvalue weighted by molar-refractivity contribution is 0.0951. The highest BCUT2D eigenvalue weighted by Crippen LogP contribution is 2.27. The summed E-state index contributed by atoms with van der Waals surface area (Å²) < 4.78 is 29.8. The fourth-order valence-corrected chi connectivity index (χ4v) is 5.17. The van der Waals surface area contributed by atoms with Crippen LogP contribution in [0.15, 0.2) is 40.6 Å². The van der Waals surface area contributed by atoms with Crippen molar-refractivity contribution in [3.8, 4) is 0 Å². The van der Waals surface area contributed by atoms with Gasteiger partial charge in [-0.25, -0.2) is 8.42 Å². The molecule has 148 valence electrons. The molecule has 3 aromatic rings. The van der Waals surface area contributed by atoms with Crippen molar-refractivity contribution in [2.45, 2.75) is 24.6 Å². The zero-order chi connectivity index (χ0) is 20.5. The van der Waals surface area contributed by atoms with Gasteiger partial charge in [0.1, 0.15) is 4.21 Å². The Kier molecular flexibility index (Phi) is 5.78. The molecule has 0 aliphatic heterocycles. The summed E-state index contributed by atoms with van der Waals surface area (Å²) in [6.07, 6.45) is 0. The van der Waals surface area contributed by atoms with Crippen LogP contribution in [0.1, 0.15) is 26.6 Å². The number of hydrogen-bond donors (Lipinski definition) is 2. The van der Waals surface area contributed by atoms with E-state index in [-0.39, 0.29) is 16.7 Å². The molecule has 0 spiro atoms. The molecule has 1 aromatic carbocycles. The molecule has 2 heterocycles. The maximum atomic E-state index is 12.7. The van der Waals surface area contributed by atoms with E-state index < -0.39 is 10.0 Å². The lowest BCUT2D eigenvalue weighted by Gasteiger charge is -2.06. The summed E-state index contributed by atoms with van der Waals surface area (Å²) in [5, 5.41) is 7.54. The number of benzene rings is 1. The molecule has 2 aromatic heterocycles. The maximum Gasteiger partial charge on any atom is 0.271 e. The molecule has 2 N–H and O–H groups in total. The molecule has 0 bridgehead atoms. The van der Waals surface area contributed by atoms with E-state index in [4.69, 9.17) is 11.6 Å². The van der Waals surface area contributed by atoms with Crippen LogP contribution in [0.4, 0.5) is 5.69 Å². The summed E-state index contributed by atoms with van der Waals surface area (Å²) in [6.45, 7) is 3.77. The van der Waals surface area contributed by atoms with Gasteiger partial charge >= 0.3 is 0 Å². The fraction of sp³-hybridized carbons (Fsp3) is 0.222. The zero-order valence-electron chi connectivity index (χ0n) is 15.5. The summed E-state index contributed by atoms with van der Waals surface area (Å²) in [6, 6.07) is 9.75. The molecule has 7 nitrogen and oxygen atoms in total. The van der Waals surface area contributed by atoms with Crippen molar-refractivity contribution >= 4 is 44.6 Å². The second kappa shape index (κ2) is 7.94. The molecule has 0 fully saturated rings. The topological polar surface area (TPSA) is 93.1 Å². The molecular weight excluding hydrogens is 420 g/mol. The summed E-state index contributed by atoms with van der Waals surface area (Å²) in [5.74, 6) is -0.255.